The van der Waals surface area contributed by atoms with Crippen molar-refractivity contribution in [1.82, 2.24) is 0 Å². The third kappa shape index (κ3) is 3.12. The topological polar surface area (TPSA) is 0 Å². The van der Waals surface area contributed by atoms with E-state index in [4.69, 9.17) is 11.6 Å². The second-order valence-electron chi connectivity index (χ2n) is 4.99. The molecule has 0 amide bonds. The van der Waals surface area contributed by atoms with Crippen molar-refractivity contribution in [2.45, 2.75) is 11.2 Å². The van der Waals surface area contributed by atoms with Crippen LogP contribution in [0.1, 0.15) is 16.0 Å². The minimum Gasteiger partial charge on any atom is -0.207 e. The molecule has 3 rings (SSSR count). The van der Waals surface area contributed by atoms with Gasteiger partial charge in [-0.05, 0) is 34.9 Å². The van der Waals surface area contributed by atoms with Gasteiger partial charge in [-0.2, -0.15) is 0 Å². The fourth-order valence-electron chi connectivity index (χ4n) is 2.48. The molecule has 1 atom stereocenters. The van der Waals surface area contributed by atoms with Crippen molar-refractivity contribution in [3.05, 3.63) is 82.6 Å². The molecule has 0 aliphatic rings. The Bertz CT molecular complexity index is 765. The average Bonchev–Trinajstić information content (AvgIpc) is 2.47. The standard InChI is InChI=1S/C18H13BrClF/c19-15(18-16(20)6-3-7-17(18)21)11-12-8-9-13-4-1-2-5-14(13)10-12/h1-10,15H,11H2. The largest absolute Gasteiger partial charge is 0.207 e. The van der Waals surface area contributed by atoms with Crippen LogP contribution in [0.3, 0.4) is 0 Å². The smallest absolute Gasteiger partial charge is 0.129 e. The molecule has 0 radical (unpaired) electrons. The Kier molecular flexibility index (Phi) is 4.27. The molecule has 3 heteroatoms. The lowest BCUT2D eigenvalue weighted by Crippen LogP contribution is -1.99. The van der Waals surface area contributed by atoms with Crippen LogP contribution in [-0.4, -0.2) is 0 Å². The van der Waals surface area contributed by atoms with Crippen molar-refractivity contribution < 1.29 is 4.39 Å². The summed E-state index contributed by atoms with van der Waals surface area (Å²) in [4.78, 5) is -0.146. The molecular formula is C18H13BrClF. The minimum absolute atomic E-state index is 0.146. The number of alkyl halides is 1. The molecule has 0 aliphatic heterocycles. The van der Waals surface area contributed by atoms with Crippen LogP contribution in [0.25, 0.3) is 10.8 Å². The van der Waals surface area contributed by atoms with Crippen LogP contribution in [-0.2, 0) is 6.42 Å². The van der Waals surface area contributed by atoms with Crippen LogP contribution in [0, 0.1) is 5.82 Å². The number of rotatable bonds is 3. The molecule has 0 heterocycles. The van der Waals surface area contributed by atoms with Crippen LogP contribution in [0.2, 0.25) is 5.02 Å². The predicted octanol–water partition coefficient (Wildman–Crippen LogP) is 6.31. The van der Waals surface area contributed by atoms with Gasteiger partial charge in [0, 0.05) is 15.4 Å². The van der Waals surface area contributed by atoms with E-state index in [0.717, 1.165) is 5.56 Å². The summed E-state index contributed by atoms with van der Waals surface area (Å²) in [5.74, 6) is -0.273. The summed E-state index contributed by atoms with van der Waals surface area (Å²) in [6.45, 7) is 0. The van der Waals surface area contributed by atoms with Crippen molar-refractivity contribution in [1.29, 1.82) is 0 Å². The highest BCUT2D eigenvalue weighted by Crippen LogP contribution is 2.34. The Balaban J connectivity index is 1.91. The van der Waals surface area contributed by atoms with Gasteiger partial charge in [-0.15, -0.1) is 0 Å². The van der Waals surface area contributed by atoms with E-state index in [-0.39, 0.29) is 10.6 Å². The average molecular weight is 364 g/mol. The first-order chi connectivity index (χ1) is 10.1. The third-order valence-corrected chi connectivity index (χ3v) is 4.65. The molecule has 0 saturated carbocycles. The lowest BCUT2D eigenvalue weighted by atomic mass is 10.0. The molecule has 3 aromatic carbocycles. The highest BCUT2D eigenvalue weighted by molar-refractivity contribution is 9.09. The Morgan fingerprint density at radius 3 is 2.48 bits per heavy atom. The number of benzene rings is 3. The zero-order chi connectivity index (χ0) is 14.8. The molecule has 0 spiro atoms. The van der Waals surface area contributed by atoms with Crippen LogP contribution in [0.4, 0.5) is 4.39 Å². The van der Waals surface area contributed by atoms with Gasteiger partial charge in [0.15, 0.2) is 0 Å². The predicted molar refractivity (Wildman–Crippen MR) is 90.7 cm³/mol. The number of hydrogen-bond acceptors (Lipinski definition) is 0. The summed E-state index contributed by atoms with van der Waals surface area (Å²) < 4.78 is 13.9. The van der Waals surface area contributed by atoms with E-state index in [1.807, 2.05) is 12.1 Å². The Morgan fingerprint density at radius 2 is 1.71 bits per heavy atom. The molecule has 0 fully saturated rings. The Hall–Kier alpha value is -1.38. The first-order valence-corrected chi connectivity index (χ1v) is 8.00. The molecule has 3 aromatic rings. The van der Waals surface area contributed by atoms with Crippen LogP contribution < -0.4 is 0 Å². The quantitative estimate of drug-likeness (QED) is 0.478. The van der Waals surface area contributed by atoms with Crippen LogP contribution in [0.5, 0.6) is 0 Å². The van der Waals surface area contributed by atoms with E-state index < -0.39 is 0 Å². The Labute approximate surface area is 136 Å². The summed E-state index contributed by atoms with van der Waals surface area (Å²) in [5, 5.41) is 2.85. The van der Waals surface area contributed by atoms with E-state index in [1.165, 1.54) is 16.8 Å². The van der Waals surface area contributed by atoms with Crippen molar-refractivity contribution in [3.8, 4) is 0 Å². The molecule has 0 bridgehead atoms. The van der Waals surface area contributed by atoms with Crippen LogP contribution in [0.15, 0.2) is 60.7 Å². The maximum atomic E-state index is 13.9. The fourth-order valence-corrected chi connectivity index (χ4v) is 3.75. The van der Waals surface area contributed by atoms with Crippen molar-refractivity contribution in [2.75, 3.05) is 0 Å². The highest BCUT2D eigenvalue weighted by Gasteiger charge is 2.16. The van der Waals surface area contributed by atoms with Gasteiger partial charge in [0.1, 0.15) is 5.82 Å². The van der Waals surface area contributed by atoms with E-state index >= 15 is 0 Å². The summed E-state index contributed by atoms with van der Waals surface area (Å²) in [6, 6.07) is 19.3. The zero-order valence-electron chi connectivity index (χ0n) is 11.2. The summed E-state index contributed by atoms with van der Waals surface area (Å²) in [6.07, 6.45) is 0.686. The third-order valence-electron chi connectivity index (χ3n) is 3.54. The van der Waals surface area contributed by atoms with Crippen molar-refractivity contribution in [2.24, 2.45) is 0 Å². The molecule has 21 heavy (non-hydrogen) atoms. The minimum atomic E-state index is -0.273. The fraction of sp³-hybridized carbons (Fsp3) is 0.111. The molecule has 0 aliphatic carbocycles. The SMILES string of the molecule is Fc1cccc(Cl)c1C(Br)Cc1ccc2ccccc2c1. The van der Waals surface area contributed by atoms with E-state index in [2.05, 4.69) is 46.3 Å². The molecule has 106 valence electrons. The lowest BCUT2D eigenvalue weighted by Gasteiger charge is -2.13. The molecule has 0 N–H and O–H groups in total. The molecule has 0 nitrogen and oxygen atoms in total. The van der Waals surface area contributed by atoms with E-state index in [1.54, 1.807) is 12.1 Å². The van der Waals surface area contributed by atoms with Gasteiger partial charge in [-0.25, -0.2) is 4.39 Å². The van der Waals surface area contributed by atoms with Gasteiger partial charge >= 0.3 is 0 Å². The Morgan fingerprint density at radius 1 is 0.952 bits per heavy atom. The number of hydrogen-bond donors (Lipinski definition) is 0. The zero-order valence-corrected chi connectivity index (χ0v) is 13.5. The van der Waals surface area contributed by atoms with Gasteiger partial charge in [-0.3, -0.25) is 0 Å². The van der Waals surface area contributed by atoms with Gasteiger partial charge in [0.05, 0.1) is 0 Å². The van der Waals surface area contributed by atoms with Gasteiger partial charge < -0.3 is 0 Å². The normalized spacial score (nSPS) is 12.5. The number of halogens is 3. The van der Waals surface area contributed by atoms with Gasteiger partial charge in [-0.1, -0.05) is 76.1 Å². The van der Waals surface area contributed by atoms with E-state index in [0.29, 0.717) is 17.0 Å². The second-order valence-corrected chi connectivity index (χ2v) is 6.50. The second kappa shape index (κ2) is 6.17. The van der Waals surface area contributed by atoms with E-state index in [9.17, 15) is 4.39 Å². The molecular weight excluding hydrogens is 351 g/mol. The molecule has 0 aromatic heterocycles. The monoisotopic (exact) mass is 362 g/mol. The summed E-state index contributed by atoms with van der Waals surface area (Å²) in [7, 11) is 0. The first-order valence-electron chi connectivity index (χ1n) is 6.71. The summed E-state index contributed by atoms with van der Waals surface area (Å²) >= 11 is 9.68. The molecule has 0 saturated heterocycles. The van der Waals surface area contributed by atoms with Gasteiger partial charge in [0.25, 0.3) is 0 Å². The lowest BCUT2D eigenvalue weighted by molar-refractivity contribution is 0.608. The maximum Gasteiger partial charge on any atom is 0.129 e. The van der Waals surface area contributed by atoms with Crippen molar-refractivity contribution >= 4 is 38.3 Å². The first kappa shape index (κ1) is 14.6. The van der Waals surface area contributed by atoms with Crippen LogP contribution >= 0.6 is 27.5 Å². The molecule has 1 unspecified atom stereocenters. The maximum absolute atomic E-state index is 13.9. The highest BCUT2D eigenvalue weighted by atomic mass is 79.9. The van der Waals surface area contributed by atoms with Gasteiger partial charge in [0.2, 0.25) is 0 Å². The number of fused-ring (bicyclic) bond motifs is 1. The summed E-state index contributed by atoms with van der Waals surface area (Å²) in [5.41, 5.74) is 1.67. The van der Waals surface area contributed by atoms with Crippen molar-refractivity contribution in [3.63, 3.8) is 0 Å².